The fraction of sp³-hybridized carbons (Fsp3) is 0.571. The molecular formula is C14H21F2NO2. The molecule has 0 heterocycles. The van der Waals surface area contributed by atoms with Gasteiger partial charge in [0.1, 0.15) is 12.4 Å². The lowest BCUT2D eigenvalue weighted by molar-refractivity contribution is 0.0145. The van der Waals surface area contributed by atoms with Crippen LogP contribution >= 0.6 is 0 Å². The minimum absolute atomic E-state index is 0.0209. The largest absolute Gasteiger partial charge is 0.496 e. The Morgan fingerprint density at radius 1 is 1.32 bits per heavy atom. The highest BCUT2D eigenvalue weighted by Crippen LogP contribution is 2.28. The van der Waals surface area contributed by atoms with E-state index < -0.39 is 13.0 Å². The van der Waals surface area contributed by atoms with E-state index in [0.717, 1.165) is 16.9 Å². The molecular weight excluding hydrogens is 252 g/mol. The Morgan fingerprint density at radius 3 is 2.63 bits per heavy atom. The molecule has 1 N–H and O–H groups in total. The maximum atomic E-state index is 12.0. The first-order chi connectivity index (χ1) is 9.08. The third kappa shape index (κ3) is 5.12. The summed E-state index contributed by atoms with van der Waals surface area (Å²) in [5.74, 6) is 0.791. The molecule has 0 amide bonds. The molecule has 1 aromatic carbocycles. The van der Waals surface area contributed by atoms with Crippen molar-refractivity contribution in [3.63, 3.8) is 0 Å². The van der Waals surface area contributed by atoms with Crippen molar-refractivity contribution in [1.82, 2.24) is 5.32 Å². The Balaban J connectivity index is 2.65. The van der Waals surface area contributed by atoms with Gasteiger partial charge in [0, 0.05) is 18.2 Å². The highest BCUT2D eigenvalue weighted by atomic mass is 19.3. The summed E-state index contributed by atoms with van der Waals surface area (Å²) in [6.07, 6.45) is -1.80. The molecule has 1 unspecified atom stereocenters. The second-order valence-corrected chi connectivity index (χ2v) is 4.34. The van der Waals surface area contributed by atoms with Gasteiger partial charge in [-0.25, -0.2) is 8.78 Å². The summed E-state index contributed by atoms with van der Waals surface area (Å²) in [4.78, 5) is 0. The van der Waals surface area contributed by atoms with Crippen molar-refractivity contribution in [1.29, 1.82) is 0 Å². The summed E-state index contributed by atoms with van der Waals surface area (Å²) < 4.78 is 34.2. The quantitative estimate of drug-likeness (QED) is 0.739. The molecule has 1 atom stereocenters. The number of benzene rings is 1. The van der Waals surface area contributed by atoms with Crippen LogP contribution in [0.15, 0.2) is 18.2 Å². The molecule has 0 aromatic heterocycles. The van der Waals surface area contributed by atoms with Crippen LogP contribution < -0.4 is 10.1 Å². The second kappa shape index (κ2) is 8.07. The minimum atomic E-state index is -2.42. The van der Waals surface area contributed by atoms with Crippen molar-refractivity contribution in [3.8, 4) is 5.75 Å². The van der Waals surface area contributed by atoms with Crippen molar-refractivity contribution in [2.24, 2.45) is 0 Å². The van der Waals surface area contributed by atoms with Gasteiger partial charge in [-0.15, -0.1) is 0 Å². The molecule has 0 fully saturated rings. The number of aryl methyl sites for hydroxylation is 1. The third-order valence-corrected chi connectivity index (χ3v) is 2.90. The van der Waals surface area contributed by atoms with Gasteiger partial charge in [-0.05, 0) is 26.5 Å². The van der Waals surface area contributed by atoms with E-state index in [0.29, 0.717) is 6.42 Å². The number of alkyl halides is 2. The van der Waals surface area contributed by atoms with Gasteiger partial charge >= 0.3 is 0 Å². The van der Waals surface area contributed by atoms with E-state index in [1.165, 1.54) is 0 Å². The van der Waals surface area contributed by atoms with E-state index in [9.17, 15) is 8.78 Å². The van der Waals surface area contributed by atoms with Crippen molar-refractivity contribution >= 4 is 0 Å². The lowest BCUT2D eigenvalue weighted by Crippen LogP contribution is -2.20. The molecule has 0 radical (unpaired) electrons. The zero-order chi connectivity index (χ0) is 14.3. The van der Waals surface area contributed by atoms with Crippen LogP contribution in [0.3, 0.4) is 0 Å². The number of nitrogens with one attached hydrogen (secondary N) is 1. The SMILES string of the molecule is CNC(CCOCC(F)F)c1cc(C)ccc1OC. The van der Waals surface area contributed by atoms with Gasteiger partial charge in [-0.3, -0.25) is 0 Å². The van der Waals surface area contributed by atoms with Crippen LogP contribution in [0.1, 0.15) is 23.6 Å². The average molecular weight is 273 g/mol. The number of methoxy groups -OCH3 is 1. The summed E-state index contributed by atoms with van der Waals surface area (Å²) >= 11 is 0. The third-order valence-electron chi connectivity index (χ3n) is 2.90. The van der Waals surface area contributed by atoms with Gasteiger partial charge in [-0.1, -0.05) is 17.7 Å². The van der Waals surface area contributed by atoms with Gasteiger partial charge in [-0.2, -0.15) is 0 Å². The lowest BCUT2D eigenvalue weighted by atomic mass is 10.0. The summed E-state index contributed by atoms with van der Waals surface area (Å²) in [7, 11) is 3.45. The lowest BCUT2D eigenvalue weighted by Gasteiger charge is -2.20. The monoisotopic (exact) mass is 273 g/mol. The second-order valence-electron chi connectivity index (χ2n) is 4.34. The molecule has 0 aliphatic rings. The molecule has 0 aliphatic heterocycles. The Labute approximate surface area is 112 Å². The van der Waals surface area contributed by atoms with Crippen LogP contribution in [0.2, 0.25) is 0 Å². The van der Waals surface area contributed by atoms with Crippen molar-refractivity contribution in [3.05, 3.63) is 29.3 Å². The van der Waals surface area contributed by atoms with Gasteiger partial charge in [0.25, 0.3) is 6.43 Å². The van der Waals surface area contributed by atoms with E-state index in [2.05, 4.69) is 5.32 Å². The van der Waals surface area contributed by atoms with Gasteiger partial charge in [0.05, 0.1) is 7.11 Å². The molecule has 0 bridgehead atoms. The summed E-state index contributed by atoms with van der Waals surface area (Å²) in [6, 6.07) is 5.94. The zero-order valence-electron chi connectivity index (χ0n) is 11.6. The van der Waals surface area contributed by atoms with Gasteiger partial charge < -0.3 is 14.8 Å². The molecule has 1 rings (SSSR count). The number of hydrogen-bond acceptors (Lipinski definition) is 3. The molecule has 3 nitrogen and oxygen atoms in total. The van der Waals surface area contributed by atoms with Crippen LogP contribution in [0.4, 0.5) is 8.78 Å². The maximum Gasteiger partial charge on any atom is 0.261 e. The summed E-state index contributed by atoms with van der Waals surface area (Å²) in [5.41, 5.74) is 2.15. The average Bonchev–Trinajstić information content (AvgIpc) is 2.38. The number of ether oxygens (including phenoxy) is 2. The Morgan fingerprint density at radius 2 is 2.05 bits per heavy atom. The molecule has 0 saturated carbocycles. The Kier molecular flexibility index (Phi) is 6.73. The highest BCUT2D eigenvalue weighted by molar-refractivity contribution is 5.39. The van der Waals surface area contributed by atoms with E-state index >= 15 is 0 Å². The molecule has 0 saturated heterocycles. The Hall–Kier alpha value is -1.20. The van der Waals surface area contributed by atoms with Crippen molar-refractivity contribution in [2.45, 2.75) is 25.8 Å². The fourth-order valence-electron chi connectivity index (χ4n) is 1.96. The minimum Gasteiger partial charge on any atom is -0.496 e. The van der Waals surface area contributed by atoms with Crippen LogP contribution in [-0.4, -0.2) is 33.8 Å². The predicted octanol–water partition coefficient (Wildman–Crippen LogP) is 2.94. The molecule has 0 aliphatic carbocycles. The highest BCUT2D eigenvalue weighted by Gasteiger charge is 2.15. The summed E-state index contributed by atoms with van der Waals surface area (Å²) in [5, 5.41) is 3.16. The summed E-state index contributed by atoms with van der Waals surface area (Å²) in [6.45, 7) is 1.78. The standard InChI is InChI=1S/C14H21F2NO2/c1-10-4-5-13(18-3)11(8-10)12(17-2)6-7-19-9-14(15)16/h4-5,8,12,14,17H,6-7,9H2,1-3H3. The molecule has 0 spiro atoms. The first-order valence-corrected chi connectivity index (χ1v) is 6.26. The number of halogens is 2. The van der Waals surface area contributed by atoms with Crippen LogP contribution in [-0.2, 0) is 4.74 Å². The van der Waals surface area contributed by atoms with Gasteiger partial charge in [0.15, 0.2) is 0 Å². The molecule has 5 heteroatoms. The van der Waals surface area contributed by atoms with Crippen molar-refractivity contribution < 1.29 is 18.3 Å². The van der Waals surface area contributed by atoms with E-state index in [1.54, 1.807) is 7.11 Å². The topological polar surface area (TPSA) is 30.5 Å². The number of rotatable bonds is 8. The first kappa shape index (κ1) is 15.9. The van der Waals surface area contributed by atoms with Crippen LogP contribution in [0.25, 0.3) is 0 Å². The molecule has 108 valence electrons. The molecule has 1 aromatic rings. The van der Waals surface area contributed by atoms with Crippen LogP contribution in [0.5, 0.6) is 5.75 Å². The van der Waals surface area contributed by atoms with Gasteiger partial charge in [0.2, 0.25) is 0 Å². The smallest absolute Gasteiger partial charge is 0.261 e. The molecule has 19 heavy (non-hydrogen) atoms. The fourth-order valence-corrected chi connectivity index (χ4v) is 1.96. The predicted molar refractivity (Wildman–Crippen MR) is 71.0 cm³/mol. The van der Waals surface area contributed by atoms with E-state index in [1.807, 2.05) is 32.2 Å². The Bertz CT molecular complexity index is 386. The maximum absolute atomic E-state index is 12.0. The number of hydrogen-bond donors (Lipinski definition) is 1. The van der Waals surface area contributed by atoms with E-state index in [4.69, 9.17) is 9.47 Å². The zero-order valence-corrected chi connectivity index (χ0v) is 11.6. The van der Waals surface area contributed by atoms with Crippen LogP contribution in [0, 0.1) is 6.92 Å². The normalized spacial score (nSPS) is 12.7. The first-order valence-electron chi connectivity index (χ1n) is 6.26. The van der Waals surface area contributed by atoms with E-state index in [-0.39, 0.29) is 12.6 Å². The van der Waals surface area contributed by atoms with Crippen molar-refractivity contribution in [2.75, 3.05) is 27.4 Å².